The summed E-state index contributed by atoms with van der Waals surface area (Å²) in [6.45, 7) is 21.1. The lowest BCUT2D eigenvalue weighted by molar-refractivity contribution is 0.443. The van der Waals surface area contributed by atoms with Gasteiger partial charge in [0, 0.05) is 34.7 Å². The van der Waals surface area contributed by atoms with Crippen LogP contribution in [0.5, 0.6) is 11.5 Å². The number of hydrogen-bond donors (Lipinski definition) is 2. The average molecular weight is 499 g/mol. The summed E-state index contributed by atoms with van der Waals surface area (Å²) >= 11 is 0. The lowest BCUT2D eigenvalue weighted by atomic mass is 9.79. The first-order chi connectivity index (χ1) is 17.0. The Kier molecular flexibility index (Phi) is 7.74. The Bertz CT molecular complexity index is 1340. The topological polar surface area (TPSA) is 65.2 Å². The number of nitrogens with zero attached hydrogens (tertiary/aromatic N) is 2. The number of aromatic hydroxyl groups is 2. The molecule has 2 N–H and O–H groups in total. The summed E-state index contributed by atoms with van der Waals surface area (Å²) in [5.41, 5.74) is 6.26. The third-order valence-corrected chi connectivity index (χ3v) is 6.47. The highest BCUT2D eigenvalue weighted by molar-refractivity contribution is 5.90. The van der Waals surface area contributed by atoms with Gasteiger partial charge in [-0.15, -0.1) is 0 Å². The van der Waals surface area contributed by atoms with Crippen molar-refractivity contribution in [1.82, 2.24) is 0 Å². The molecule has 4 nitrogen and oxygen atoms in total. The maximum atomic E-state index is 11.1. The molecule has 0 fully saturated rings. The molecule has 37 heavy (non-hydrogen) atoms. The number of para-hydroxylation sites is 2. The van der Waals surface area contributed by atoms with Crippen LogP contribution < -0.4 is 0 Å². The molecule has 196 valence electrons. The second-order valence-electron chi connectivity index (χ2n) is 13.0. The van der Waals surface area contributed by atoms with Gasteiger partial charge in [0.05, 0.1) is 11.4 Å². The average Bonchev–Trinajstić information content (AvgIpc) is 2.77. The molecular weight excluding hydrogens is 456 g/mol. The minimum absolute atomic E-state index is 0.0692. The predicted octanol–water partition coefficient (Wildman–Crippen LogP) is 8.80. The normalized spacial score (nSPS) is 13.1. The number of benzene rings is 3. The Balaban J connectivity index is 2.05. The largest absolute Gasteiger partial charge is 0.507 e. The third-order valence-electron chi connectivity index (χ3n) is 6.47. The van der Waals surface area contributed by atoms with Crippen molar-refractivity contribution in [1.29, 1.82) is 0 Å². The Labute approximate surface area is 222 Å². The van der Waals surface area contributed by atoms with Gasteiger partial charge in [-0.3, -0.25) is 9.98 Å². The predicted molar refractivity (Wildman–Crippen MR) is 158 cm³/mol. The SMILES string of the molecule is Cc1cc(C=Nc2ccccc2N=Cc2cc(C(C)(C)C)cc(C(C)(C)C)c2O)c(O)c(C(C)(C)C)c1. The summed E-state index contributed by atoms with van der Waals surface area (Å²) in [6, 6.07) is 15.7. The Morgan fingerprint density at radius 2 is 1.03 bits per heavy atom. The van der Waals surface area contributed by atoms with Crippen LogP contribution >= 0.6 is 0 Å². The quantitative estimate of drug-likeness (QED) is 0.353. The van der Waals surface area contributed by atoms with Crippen LogP contribution in [0.25, 0.3) is 0 Å². The minimum Gasteiger partial charge on any atom is -0.507 e. The van der Waals surface area contributed by atoms with Crippen LogP contribution in [0.3, 0.4) is 0 Å². The van der Waals surface area contributed by atoms with Gasteiger partial charge < -0.3 is 10.2 Å². The lowest BCUT2D eigenvalue weighted by Crippen LogP contribution is -2.17. The minimum atomic E-state index is -0.210. The van der Waals surface area contributed by atoms with Gasteiger partial charge in [-0.1, -0.05) is 86.6 Å². The van der Waals surface area contributed by atoms with Gasteiger partial charge in [-0.25, -0.2) is 0 Å². The molecule has 0 amide bonds. The summed E-state index contributed by atoms with van der Waals surface area (Å²) in [7, 11) is 0. The molecule has 4 heteroatoms. The lowest BCUT2D eigenvalue weighted by Gasteiger charge is -2.27. The smallest absolute Gasteiger partial charge is 0.128 e. The first kappa shape index (κ1) is 28.2. The molecule has 3 aromatic carbocycles. The third kappa shape index (κ3) is 6.68. The van der Waals surface area contributed by atoms with Crippen molar-refractivity contribution in [2.75, 3.05) is 0 Å². The van der Waals surface area contributed by atoms with E-state index in [-0.39, 0.29) is 27.7 Å². The van der Waals surface area contributed by atoms with Crippen molar-refractivity contribution < 1.29 is 10.2 Å². The number of aryl methyl sites for hydroxylation is 1. The van der Waals surface area contributed by atoms with Crippen LogP contribution in [0.2, 0.25) is 0 Å². The van der Waals surface area contributed by atoms with Crippen LogP contribution in [0.4, 0.5) is 11.4 Å². The molecule has 3 rings (SSSR count). The molecule has 3 aromatic rings. The first-order valence-corrected chi connectivity index (χ1v) is 12.9. The zero-order valence-electron chi connectivity index (χ0n) is 24.1. The molecule has 0 aliphatic carbocycles. The van der Waals surface area contributed by atoms with Gasteiger partial charge in [-0.2, -0.15) is 0 Å². The van der Waals surface area contributed by atoms with E-state index in [1.54, 1.807) is 12.4 Å². The zero-order valence-corrected chi connectivity index (χ0v) is 24.1. The maximum Gasteiger partial charge on any atom is 0.128 e. The van der Waals surface area contributed by atoms with Crippen molar-refractivity contribution in [3.8, 4) is 11.5 Å². The van der Waals surface area contributed by atoms with Gasteiger partial charge in [0.2, 0.25) is 0 Å². The van der Waals surface area contributed by atoms with E-state index in [2.05, 4.69) is 73.4 Å². The van der Waals surface area contributed by atoms with Crippen molar-refractivity contribution in [2.45, 2.75) is 85.5 Å². The van der Waals surface area contributed by atoms with E-state index < -0.39 is 0 Å². The molecule has 0 aromatic heterocycles. The van der Waals surface area contributed by atoms with Crippen LogP contribution in [-0.4, -0.2) is 22.6 Å². The van der Waals surface area contributed by atoms with Crippen molar-refractivity contribution in [3.63, 3.8) is 0 Å². The number of phenols is 2. The number of hydrogen-bond acceptors (Lipinski definition) is 4. The van der Waals surface area contributed by atoms with E-state index in [1.165, 1.54) is 0 Å². The summed E-state index contributed by atoms with van der Waals surface area (Å²) in [6.07, 6.45) is 3.41. The van der Waals surface area contributed by atoms with Gasteiger partial charge >= 0.3 is 0 Å². The van der Waals surface area contributed by atoms with E-state index in [4.69, 9.17) is 4.99 Å². The van der Waals surface area contributed by atoms with Gasteiger partial charge in [0.15, 0.2) is 0 Å². The first-order valence-electron chi connectivity index (χ1n) is 12.9. The number of rotatable bonds is 4. The van der Waals surface area contributed by atoms with Crippen molar-refractivity contribution in [2.24, 2.45) is 9.98 Å². The molecule has 0 aliphatic rings. The highest BCUT2D eigenvalue weighted by Gasteiger charge is 2.24. The Morgan fingerprint density at radius 3 is 1.46 bits per heavy atom. The maximum absolute atomic E-state index is 11.1. The molecule has 0 radical (unpaired) electrons. The van der Waals surface area contributed by atoms with Crippen molar-refractivity contribution >= 4 is 23.8 Å². The van der Waals surface area contributed by atoms with Crippen LogP contribution in [0, 0.1) is 6.92 Å². The van der Waals surface area contributed by atoms with Crippen molar-refractivity contribution in [3.05, 3.63) is 81.9 Å². The van der Waals surface area contributed by atoms with E-state index in [1.807, 2.05) is 49.4 Å². The summed E-state index contributed by atoms with van der Waals surface area (Å²) < 4.78 is 0. The highest BCUT2D eigenvalue weighted by Crippen LogP contribution is 2.38. The van der Waals surface area contributed by atoms with Gasteiger partial charge in [0.25, 0.3) is 0 Å². The monoisotopic (exact) mass is 498 g/mol. The molecule has 0 saturated carbocycles. The molecule has 0 spiro atoms. The van der Waals surface area contributed by atoms with E-state index in [0.717, 1.165) is 22.3 Å². The summed E-state index contributed by atoms with van der Waals surface area (Å²) in [4.78, 5) is 9.42. The van der Waals surface area contributed by atoms with Crippen LogP contribution in [0.1, 0.15) is 95.7 Å². The van der Waals surface area contributed by atoms with Gasteiger partial charge in [-0.05, 0) is 58.6 Å². The second kappa shape index (κ2) is 10.2. The van der Waals surface area contributed by atoms with E-state index in [0.29, 0.717) is 22.5 Å². The fourth-order valence-electron chi connectivity index (χ4n) is 4.20. The molecule has 0 unspecified atom stereocenters. The zero-order chi connectivity index (χ0) is 27.8. The standard InChI is InChI=1S/C33H42N2O2/c1-21-15-22(29(36)25(16-21)32(5,6)7)19-34-27-13-11-12-14-28(27)35-20-23-17-24(31(2,3)4)18-26(30(23)37)33(8,9)10/h11-20,36-37H,1-10H3. The number of aliphatic imine (C=N–C) groups is 2. The van der Waals surface area contributed by atoms with E-state index >= 15 is 0 Å². The van der Waals surface area contributed by atoms with E-state index in [9.17, 15) is 10.2 Å². The molecule has 0 atom stereocenters. The molecule has 0 bridgehead atoms. The molecule has 0 saturated heterocycles. The highest BCUT2D eigenvalue weighted by atomic mass is 16.3. The summed E-state index contributed by atoms with van der Waals surface area (Å²) in [5, 5.41) is 22.0. The fourth-order valence-corrected chi connectivity index (χ4v) is 4.20. The van der Waals surface area contributed by atoms with Crippen LogP contribution in [-0.2, 0) is 16.2 Å². The Morgan fingerprint density at radius 1 is 0.595 bits per heavy atom. The molecular formula is C33H42N2O2. The Hall–Kier alpha value is -3.40. The summed E-state index contributed by atoms with van der Waals surface area (Å²) in [5.74, 6) is 0.506. The fraction of sp³-hybridized carbons (Fsp3) is 0.394. The van der Waals surface area contributed by atoms with Gasteiger partial charge in [0.1, 0.15) is 11.5 Å². The second-order valence-corrected chi connectivity index (χ2v) is 13.0. The number of phenolic OH excluding ortho intramolecular Hbond substituents is 2. The molecule has 0 aliphatic heterocycles. The van der Waals surface area contributed by atoms with Crippen LogP contribution in [0.15, 0.2) is 58.5 Å². The molecule has 0 heterocycles.